The molecule has 1 amide bonds. The van der Waals surface area contributed by atoms with E-state index in [4.69, 9.17) is 5.73 Å². The van der Waals surface area contributed by atoms with Crippen LogP contribution >= 0.6 is 0 Å². The van der Waals surface area contributed by atoms with Gasteiger partial charge in [0.25, 0.3) is 0 Å². The van der Waals surface area contributed by atoms with Crippen LogP contribution in [0.1, 0.15) is 40.0 Å². The Hall–Kier alpha value is -0.570. The minimum Gasteiger partial charge on any atom is -0.354 e. The molecule has 3 atom stereocenters. The van der Waals surface area contributed by atoms with Gasteiger partial charge >= 0.3 is 0 Å². The van der Waals surface area contributed by atoms with Gasteiger partial charge in [-0.2, -0.15) is 0 Å². The molecule has 0 radical (unpaired) electrons. The van der Waals surface area contributed by atoms with Crippen molar-refractivity contribution in [2.24, 2.45) is 17.6 Å². The highest BCUT2D eigenvalue weighted by atomic mass is 16.1. The van der Waals surface area contributed by atoms with Crippen molar-refractivity contribution in [1.82, 2.24) is 5.32 Å². The molecule has 1 saturated carbocycles. The lowest BCUT2D eigenvalue weighted by Gasteiger charge is -2.30. The van der Waals surface area contributed by atoms with E-state index in [0.717, 1.165) is 19.3 Å². The number of amides is 1. The maximum absolute atomic E-state index is 11.7. The van der Waals surface area contributed by atoms with E-state index in [2.05, 4.69) is 12.2 Å². The Morgan fingerprint density at radius 3 is 2.50 bits per heavy atom. The fourth-order valence-electron chi connectivity index (χ4n) is 2.27. The predicted molar refractivity (Wildman–Crippen MR) is 57.8 cm³/mol. The Labute approximate surface area is 86.4 Å². The van der Waals surface area contributed by atoms with Crippen molar-refractivity contribution in [3.63, 3.8) is 0 Å². The molecule has 0 aromatic heterocycles. The molecule has 0 saturated heterocycles. The minimum atomic E-state index is 0.135. The summed E-state index contributed by atoms with van der Waals surface area (Å²) in [5, 5.41) is 2.96. The van der Waals surface area contributed by atoms with Gasteiger partial charge in [0, 0.05) is 18.0 Å². The molecule has 0 spiro atoms. The normalized spacial score (nSPS) is 33.1. The standard InChI is InChI=1S/C11H22N2O/c1-7(2)13-11(14)9-4-8(3)5-10(12)6-9/h7-10H,4-6,12H2,1-3H3,(H,13,14). The molecule has 3 unspecified atom stereocenters. The lowest BCUT2D eigenvalue weighted by atomic mass is 9.79. The number of hydrogen-bond donors (Lipinski definition) is 2. The zero-order valence-electron chi connectivity index (χ0n) is 9.42. The fourth-order valence-corrected chi connectivity index (χ4v) is 2.27. The molecule has 14 heavy (non-hydrogen) atoms. The van der Waals surface area contributed by atoms with E-state index < -0.39 is 0 Å². The Bertz CT molecular complexity index is 193. The molecule has 1 rings (SSSR count). The first-order valence-electron chi connectivity index (χ1n) is 5.55. The van der Waals surface area contributed by atoms with Gasteiger partial charge in [-0.05, 0) is 39.0 Å². The number of rotatable bonds is 2. The molecule has 3 N–H and O–H groups in total. The second-order valence-electron chi connectivity index (χ2n) is 4.93. The van der Waals surface area contributed by atoms with Gasteiger partial charge in [0.15, 0.2) is 0 Å². The van der Waals surface area contributed by atoms with Crippen molar-refractivity contribution < 1.29 is 4.79 Å². The van der Waals surface area contributed by atoms with E-state index in [1.165, 1.54) is 0 Å². The Balaban J connectivity index is 2.46. The van der Waals surface area contributed by atoms with Crippen LogP contribution in [0.4, 0.5) is 0 Å². The van der Waals surface area contributed by atoms with E-state index in [0.29, 0.717) is 5.92 Å². The molecule has 1 fully saturated rings. The number of nitrogens with two attached hydrogens (primary N) is 1. The summed E-state index contributed by atoms with van der Waals surface area (Å²) in [7, 11) is 0. The SMILES string of the molecule is CC1CC(N)CC(C(=O)NC(C)C)C1. The van der Waals surface area contributed by atoms with Crippen LogP contribution in [0.25, 0.3) is 0 Å². The van der Waals surface area contributed by atoms with Crippen LogP contribution in [0.15, 0.2) is 0 Å². The monoisotopic (exact) mass is 198 g/mol. The molecule has 1 aliphatic rings. The molecular formula is C11H22N2O. The van der Waals surface area contributed by atoms with Crippen LogP contribution in [0.5, 0.6) is 0 Å². The first-order chi connectivity index (χ1) is 6.49. The van der Waals surface area contributed by atoms with Gasteiger partial charge in [-0.1, -0.05) is 6.92 Å². The van der Waals surface area contributed by atoms with Crippen LogP contribution in [0.2, 0.25) is 0 Å². The van der Waals surface area contributed by atoms with Gasteiger partial charge in [-0.15, -0.1) is 0 Å². The summed E-state index contributed by atoms with van der Waals surface area (Å²) in [5.74, 6) is 0.903. The molecule has 3 heteroatoms. The van der Waals surface area contributed by atoms with Gasteiger partial charge in [0.2, 0.25) is 5.91 Å². The Morgan fingerprint density at radius 1 is 1.36 bits per heavy atom. The van der Waals surface area contributed by atoms with Gasteiger partial charge in [-0.3, -0.25) is 4.79 Å². The zero-order valence-corrected chi connectivity index (χ0v) is 9.42. The molecule has 0 bridgehead atoms. The summed E-state index contributed by atoms with van der Waals surface area (Å²) in [4.78, 5) is 11.7. The molecule has 82 valence electrons. The highest BCUT2D eigenvalue weighted by Crippen LogP contribution is 2.28. The molecular weight excluding hydrogens is 176 g/mol. The number of carbonyl (C=O) groups excluding carboxylic acids is 1. The van der Waals surface area contributed by atoms with Crippen LogP contribution < -0.4 is 11.1 Å². The van der Waals surface area contributed by atoms with Gasteiger partial charge in [0.1, 0.15) is 0 Å². The first kappa shape index (κ1) is 11.5. The van der Waals surface area contributed by atoms with Crippen molar-refractivity contribution in [3.05, 3.63) is 0 Å². The summed E-state index contributed by atoms with van der Waals surface area (Å²) in [5.41, 5.74) is 5.90. The smallest absolute Gasteiger partial charge is 0.223 e. The maximum Gasteiger partial charge on any atom is 0.223 e. The van der Waals surface area contributed by atoms with Crippen LogP contribution in [-0.4, -0.2) is 18.0 Å². The van der Waals surface area contributed by atoms with Gasteiger partial charge in [0.05, 0.1) is 0 Å². The highest BCUT2D eigenvalue weighted by Gasteiger charge is 2.29. The van der Waals surface area contributed by atoms with E-state index in [9.17, 15) is 4.79 Å². The van der Waals surface area contributed by atoms with E-state index >= 15 is 0 Å². The number of hydrogen-bond acceptors (Lipinski definition) is 2. The molecule has 0 aromatic rings. The second kappa shape index (κ2) is 4.78. The molecule has 0 aromatic carbocycles. The van der Waals surface area contributed by atoms with Crippen LogP contribution in [-0.2, 0) is 4.79 Å². The summed E-state index contributed by atoms with van der Waals surface area (Å²) in [6.07, 6.45) is 2.90. The molecule has 3 nitrogen and oxygen atoms in total. The van der Waals surface area contributed by atoms with Crippen LogP contribution in [0.3, 0.4) is 0 Å². The average molecular weight is 198 g/mol. The lowest BCUT2D eigenvalue weighted by Crippen LogP contribution is -2.42. The summed E-state index contributed by atoms with van der Waals surface area (Å²) in [6, 6.07) is 0.442. The average Bonchev–Trinajstić information content (AvgIpc) is 2.00. The summed E-state index contributed by atoms with van der Waals surface area (Å²) in [6.45, 7) is 6.16. The maximum atomic E-state index is 11.7. The fraction of sp³-hybridized carbons (Fsp3) is 0.909. The number of carbonyl (C=O) groups is 1. The van der Waals surface area contributed by atoms with Crippen molar-refractivity contribution in [1.29, 1.82) is 0 Å². The Morgan fingerprint density at radius 2 is 2.00 bits per heavy atom. The largest absolute Gasteiger partial charge is 0.354 e. The van der Waals surface area contributed by atoms with Crippen molar-refractivity contribution in [3.8, 4) is 0 Å². The van der Waals surface area contributed by atoms with E-state index in [1.54, 1.807) is 0 Å². The van der Waals surface area contributed by atoms with E-state index in [1.807, 2.05) is 13.8 Å². The molecule has 1 aliphatic carbocycles. The van der Waals surface area contributed by atoms with Crippen LogP contribution in [0, 0.1) is 11.8 Å². The third kappa shape index (κ3) is 3.29. The summed E-state index contributed by atoms with van der Waals surface area (Å²) >= 11 is 0. The third-order valence-electron chi connectivity index (χ3n) is 2.78. The minimum absolute atomic E-state index is 0.135. The van der Waals surface area contributed by atoms with E-state index in [-0.39, 0.29) is 23.9 Å². The van der Waals surface area contributed by atoms with Gasteiger partial charge < -0.3 is 11.1 Å². The highest BCUT2D eigenvalue weighted by molar-refractivity contribution is 5.79. The quantitative estimate of drug-likeness (QED) is 0.702. The van der Waals surface area contributed by atoms with Crippen molar-refractivity contribution in [2.45, 2.75) is 52.1 Å². The second-order valence-corrected chi connectivity index (χ2v) is 4.93. The zero-order chi connectivity index (χ0) is 10.7. The third-order valence-corrected chi connectivity index (χ3v) is 2.78. The molecule has 0 heterocycles. The summed E-state index contributed by atoms with van der Waals surface area (Å²) < 4.78 is 0. The topological polar surface area (TPSA) is 55.1 Å². The number of nitrogens with one attached hydrogen (secondary N) is 1. The van der Waals surface area contributed by atoms with Crippen molar-refractivity contribution in [2.75, 3.05) is 0 Å². The Kier molecular flexibility index (Phi) is 3.93. The first-order valence-corrected chi connectivity index (χ1v) is 5.55. The molecule has 0 aliphatic heterocycles. The van der Waals surface area contributed by atoms with Crippen molar-refractivity contribution >= 4 is 5.91 Å². The van der Waals surface area contributed by atoms with Gasteiger partial charge in [-0.25, -0.2) is 0 Å². The predicted octanol–water partition coefficient (Wildman–Crippen LogP) is 1.27. The lowest BCUT2D eigenvalue weighted by molar-refractivity contribution is -0.127.